The second-order valence-corrected chi connectivity index (χ2v) is 5.14. The number of nitrogens with zero attached hydrogens (tertiary/aromatic N) is 1. The maximum atomic E-state index is 12.2. The number of alkyl halides is 1. The Morgan fingerprint density at radius 3 is 2.22 bits per heavy atom. The molecule has 0 atom stereocenters. The van der Waals surface area contributed by atoms with Crippen LogP contribution < -0.4 is 4.90 Å². The van der Waals surface area contributed by atoms with Crippen LogP contribution in [0.25, 0.3) is 0 Å². The SMILES string of the molecule is CCOC(=O)COCN(C(=O)CCl)c1c(CC)cccc1CC. The van der Waals surface area contributed by atoms with Gasteiger partial charge in [-0.2, -0.15) is 0 Å². The summed E-state index contributed by atoms with van der Waals surface area (Å²) in [7, 11) is 0. The fraction of sp³-hybridized carbons (Fsp3) is 0.529. The normalized spacial score (nSPS) is 10.4. The number of para-hydroxylation sites is 1. The van der Waals surface area contributed by atoms with Crippen molar-refractivity contribution in [3.63, 3.8) is 0 Å². The van der Waals surface area contributed by atoms with E-state index in [4.69, 9.17) is 21.1 Å². The molecule has 1 rings (SSSR count). The van der Waals surface area contributed by atoms with E-state index >= 15 is 0 Å². The third-order valence-electron chi connectivity index (χ3n) is 3.40. The highest BCUT2D eigenvalue weighted by molar-refractivity contribution is 6.29. The Morgan fingerprint density at radius 2 is 1.74 bits per heavy atom. The monoisotopic (exact) mass is 341 g/mol. The second kappa shape index (κ2) is 10.2. The summed E-state index contributed by atoms with van der Waals surface area (Å²) < 4.78 is 10.2. The third kappa shape index (κ3) is 5.52. The molecule has 23 heavy (non-hydrogen) atoms. The van der Waals surface area contributed by atoms with E-state index in [1.165, 1.54) is 4.90 Å². The molecule has 0 radical (unpaired) electrons. The standard InChI is InChI=1S/C17H24ClNO4/c1-4-13-8-7-9-14(5-2)17(13)19(15(20)10-18)12-22-11-16(21)23-6-3/h7-9H,4-6,10-12H2,1-3H3. The van der Waals surface area contributed by atoms with Crippen molar-refractivity contribution in [1.82, 2.24) is 0 Å². The number of carbonyl (C=O) groups is 2. The third-order valence-corrected chi connectivity index (χ3v) is 3.62. The molecular formula is C17H24ClNO4. The van der Waals surface area contributed by atoms with Crippen LogP contribution >= 0.6 is 11.6 Å². The molecule has 0 saturated carbocycles. The van der Waals surface area contributed by atoms with Gasteiger partial charge in [-0.15, -0.1) is 11.6 Å². The van der Waals surface area contributed by atoms with E-state index in [-0.39, 0.29) is 25.1 Å². The highest BCUT2D eigenvalue weighted by Gasteiger charge is 2.21. The molecule has 0 saturated heterocycles. The van der Waals surface area contributed by atoms with E-state index in [2.05, 4.69) is 0 Å². The van der Waals surface area contributed by atoms with Gasteiger partial charge < -0.3 is 9.47 Å². The quantitative estimate of drug-likeness (QED) is 0.393. The van der Waals surface area contributed by atoms with Gasteiger partial charge in [0, 0.05) is 0 Å². The molecule has 0 aliphatic carbocycles. The molecule has 1 aromatic rings. The van der Waals surface area contributed by atoms with Crippen molar-refractivity contribution in [1.29, 1.82) is 0 Å². The zero-order valence-electron chi connectivity index (χ0n) is 13.9. The predicted molar refractivity (Wildman–Crippen MR) is 90.9 cm³/mol. The number of hydrogen-bond acceptors (Lipinski definition) is 4. The van der Waals surface area contributed by atoms with Gasteiger partial charge in [-0.25, -0.2) is 4.79 Å². The number of amides is 1. The van der Waals surface area contributed by atoms with Crippen molar-refractivity contribution in [3.8, 4) is 0 Å². The molecule has 0 N–H and O–H groups in total. The first-order chi connectivity index (χ1) is 11.1. The van der Waals surface area contributed by atoms with E-state index in [0.29, 0.717) is 6.61 Å². The molecule has 0 aromatic heterocycles. The van der Waals surface area contributed by atoms with Crippen LogP contribution in [-0.4, -0.2) is 37.7 Å². The van der Waals surface area contributed by atoms with Crippen molar-refractivity contribution >= 4 is 29.2 Å². The highest BCUT2D eigenvalue weighted by atomic mass is 35.5. The Bertz CT molecular complexity index is 511. The Balaban J connectivity index is 2.99. The molecule has 0 spiro atoms. The lowest BCUT2D eigenvalue weighted by molar-refractivity contribution is -0.148. The first-order valence-electron chi connectivity index (χ1n) is 7.79. The van der Waals surface area contributed by atoms with Crippen LogP contribution in [0.4, 0.5) is 5.69 Å². The van der Waals surface area contributed by atoms with Gasteiger partial charge in [0.05, 0.1) is 12.3 Å². The lowest BCUT2D eigenvalue weighted by atomic mass is 10.0. The van der Waals surface area contributed by atoms with E-state index in [1.54, 1.807) is 6.92 Å². The van der Waals surface area contributed by atoms with E-state index in [1.807, 2.05) is 32.0 Å². The summed E-state index contributed by atoms with van der Waals surface area (Å²) in [6.07, 6.45) is 1.57. The zero-order valence-corrected chi connectivity index (χ0v) is 14.7. The van der Waals surface area contributed by atoms with Crippen LogP contribution in [0.1, 0.15) is 31.9 Å². The lowest BCUT2D eigenvalue weighted by Crippen LogP contribution is -2.36. The zero-order chi connectivity index (χ0) is 17.2. The molecule has 128 valence electrons. The number of carbonyl (C=O) groups excluding carboxylic acids is 2. The highest BCUT2D eigenvalue weighted by Crippen LogP contribution is 2.27. The number of rotatable bonds is 9. The Kier molecular flexibility index (Phi) is 8.66. The molecular weight excluding hydrogens is 318 g/mol. The fourth-order valence-corrected chi connectivity index (χ4v) is 2.46. The first kappa shape index (κ1) is 19.5. The average molecular weight is 342 g/mol. The van der Waals surface area contributed by atoms with E-state index in [0.717, 1.165) is 29.7 Å². The van der Waals surface area contributed by atoms with Crippen LogP contribution in [-0.2, 0) is 31.9 Å². The van der Waals surface area contributed by atoms with Crippen LogP contribution in [0.15, 0.2) is 18.2 Å². The van der Waals surface area contributed by atoms with Crippen molar-refractivity contribution < 1.29 is 19.1 Å². The Morgan fingerprint density at radius 1 is 1.13 bits per heavy atom. The summed E-state index contributed by atoms with van der Waals surface area (Å²) in [5, 5.41) is 0. The second-order valence-electron chi connectivity index (χ2n) is 4.87. The van der Waals surface area contributed by atoms with Crippen LogP contribution in [0.2, 0.25) is 0 Å². The van der Waals surface area contributed by atoms with Gasteiger partial charge in [-0.1, -0.05) is 32.0 Å². The van der Waals surface area contributed by atoms with Crippen molar-refractivity contribution in [2.24, 2.45) is 0 Å². The number of esters is 1. The smallest absolute Gasteiger partial charge is 0.332 e. The minimum absolute atomic E-state index is 0.0334. The van der Waals surface area contributed by atoms with Crippen LogP contribution in [0.5, 0.6) is 0 Å². The minimum Gasteiger partial charge on any atom is -0.464 e. The number of benzene rings is 1. The fourth-order valence-electron chi connectivity index (χ4n) is 2.32. The summed E-state index contributed by atoms with van der Waals surface area (Å²) in [6.45, 7) is 5.85. The van der Waals surface area contributed by atoms with Gasteiger partial charge in [0.1, 0.15) is 19.2 Å². The van der Waals surface area contributed by atoms with Gasteiger partial charge in [-0.05, 0) is 30.9 Å². The summed E-state index contributed by atoms with van der Waals surface area (Å²) in [5.74, 6) is -0.861. The number of aryl methyl sites for hydroxylation is 2. The average Bonchev–Trinajstić information content (AvgIpc) is 2.57. The summed E-state index contributed by atoms with van der Waals surface area (Å²) in [5.41, 5.74) is 2.91. The van der Waals surface area contributed by atoms with Gasteiger partial charge in [0.2, 0.25) is 5.91 Å². The molecule has 6 heteroatoms. The largest absolute Gasteiger partial charge is 0.464 e. The lowest BCUT2D eigenvalue weighted by Gasteiger charge is -2.26. The molecule has 5 nitrogen and oxygen atoms in total. The molecule has 1 aromatic carbocycles. The minimum atomic E-state index is -0.453. The number of halogens is 1. The van der Waals surface area contributed by atoms with Crippen molar-refractivity contribution in [3.05, 3.63) is 29.3 Å². The predicted octanol–water partition coefficient (Wildman–Crippen LogP) is 2.92. The molecule has 0 bridgehead atoms. The van der Waals surface area contributed by atoms with Gasteiger partial charge in [0.15, 0.2) is 0 Å². The van der Waals surface area contributed by atoms with Gasteiger partial charge in [0.25, 0.3) is 0 Å². The van der Waals surface area contributed by atoms with Crippen molar-refractivity contribution in [2.75, 3.05) is 30.7 Å². The summed E-state index contributed by atoms with van der Waals surface area (Å²) in [4.78, 5) is 25.1. The van der Waals surface area contributed by atoms with Crippen LogP contribution in [0.3, 0.4) is 0 Å². The van der Waals surface area contributed by atoms with Crippen LogP contribution in [0, 0.1) is 0 Å². The molecule has 0 aliphatic rings. The molecule has 0 unspecified atom stereocenters. The molecule has 1 amide bonds. The maximum Gasteiger partial charge on any atom is 0.332 e. The van der Waals surface area contributed by atoms with Gasteiger partial charge >= 0.3 is 5.97 Å². The first-order valence-corrected chi connectivity index (χ1v) is 8.32. The van der Waals surface area contributed by atoms with Crippen molar-refractivity contribution in [2.45, 2.75) is 33.6 Å². The number of ether oxygens (including phenoxy) is 2. The Hall–Kier alpha value is -1.59. The number of hydrogen-bond donors (Lipinski definition) is 0. The summed E-state index contributed by atoms with van der Waals surface area (Å²) >= 11 is 5.74. The van der Waals surface area contributed by atoms with E-state index in [9.17, 15) is 9.59 Å². The van der Waals surface area contributed by atoms with Gasteiger partial charge in [-0.3, -0.25) is 9.69 Å². The maximum absolute atomic E-state index is 12.2. The number of anilines is 1. The topological polar surface area (TPSA) is 55.8 Å². The Labute approximate surface area is 142 Å². The van der Waals surface area contributed by atoms with E-state index < -0.39 is 5.97 Å². The molecule has 0 aliphatic heterocycles. The molecule has 0 heterocycles. The summed E-state index contributed by atoms with van der Waals surface area (Å²) in [6, 6.07) is 5.94. The molecule has 0 fully saturated rings.